The number of aromatic carboxylic acids is 1. The van der Waals surface area contributed by atoms with E-state index >= 15 is 0 Å². The molecule has 0 radical (unpaired) electrons. The van der Waals surface area contributed by atoms with Crippen molar-refractivity contribution in [2.24, 2.45) is 0 Å². The summed E-state index contributed by atoms with van der Waals surface area (Å²) in [4.78, 5) is 10.7. The van der Waals surface area contributed by atoms with Crippen molar-refractivity contribution in [2.45, 2.75) is 5.88 Å². The molecule has 72 valence electrons. The first-order valence-electron chi connectivity index (χ1n) is 3.65. The second-order valence-electron chi connectivity index (χ2n) is 2.57. The molecule has 0 unspecified atom stereocenters. The summed E-state index contributed by atoms with van der Waals surface area (Å²) in [5.74, 6) is -1.59. The van der Waals surface area contributed by atoms with E-state index in [0.717, 1.165) is 0 Å². The zero-order chi connectivity index (χ0) is 10.7. The van der Waals surface area contributed by atoms with Crippen molar-refractivity contribution in [3.63, 3.8) is 0 Å². The van der Waals surface area contributed by atoms with Crippen LogP contribution in [0.3, 0.4) is 0 Å². The summed E-state index contributed by atoms with van der Waals surface area (Å²) in [6.07, 6.45) is 0. The van der Waals surface area contributed by atoms with Gasteiger partial charge in [-0.05, 0) is 12.1 Å². The lowest BCUT2D eigenvalue weighted by Gasteiger charge is -2.05. The Kier molecular flexibility index (Phi) is 2.95. The maximum atomic E-state index is 10.7. The number of rotatable bonds is 2. The molecule has 0 spiro atoms. The normalized spacial score (nSPS) is 9.43. The summed E-state index contributed by atoms with van der Waals surface area (Å²) in [5.41, 5.74) is 0.0727. The highest BCUT2D eigenvalue weighted by atomic mass is 35.5. The highest BCUT2D eigenvalue weighted by Crippen LogP contribution is 2.25. The van der Waals surface area contributed by atoms with Crippen molar-refractivity contribution in [2.75, 3.05) is 0 Å². The molecular formula is C9H6ClNO3. The molecule has 1 aromatic rings. The predicted molar refractivity (Wildman–Crippen MR) is 49.3 cm³/mol. The van der Waals surface area contributed by atoms with Gasteiger partial charge in [-0.15, -0.1) is 11.6 Å². The molecule has 0 amide bonds. The summed E-state index contributed by atoms with van der Waals surface area (Å²) in [7, 11) is 0. The van der Waals surface area contributed by atoms with Crippen molar-refractivity contribution in [1.29, 1.82) is 5.26 Å². The van der Waals surface area contributed by atoms with Crippen LogP contribution in [0.2, 0.25) is 0 Å². The third-order valence-corrected chi connectivity index (χ3v) is 1.99. The lowest BCUT2D eigenvalue weighted by atomic mass is 10.0. The minimum atomic E-state index is -1.21. The van der Waals surface area contributed by atoms with E-state index in [1.807, 2.05) is 0 Å². The van der Waals surface area contributed by atoms with Crippen LogP contribution in [0.4, 0.5) is 0 Å². The molecule has 0 fully saturated rings. The quantitative estimate of drug-likeness (QED) is 0.730. The van der Waals surface area contributed by atoms with Gasteiger partial charge in [-0.3, -0.25) is 0 Å². The number of alkyl halides is 1. The minimum Gasteiger partial charge on any atom is -0.508 e. The number of phenols is 1. The van der Waals surface area contributed by atoms with E-state index in [9.17, 15) is 9.90 Å². The Balaban J connectivity index is 3.45. The van der Waals surface area contributed by atoms with E-state index in [2.05, 4.69) is 0 Å². The summed E-state index contributed by atoms with van der Waals surface area (Å²) in [6.45, 7) is 0. The Morgan fingerprint density at radius 2 is 2.21 bits per heavy atom. The molecule has 1 aromatic carbocycles. The zero-order valence-corrected chi connectivity index (χ0v) is 7.75. The van der Waals surface area contributed by atoms with Gasteiger partial charge in [0.1, 0.15) is 5.75 Å². The topological polar surface area (TPSA) is 81.3 Å². The fourth-order valence-electron chi connectivity index (χ4n) is 1.05. The van der Waals surface area contributed by atoms with Gasteiger partial charge in [-0.1, -0.05) is 0 Å². The Hall–Kier alpha value is -1.73. The number of aromatic hydroxyl groups is 1. The number of phenolic OH excluding ortho intramolecular Hbond substituents is 1. The van der Waals surface area contributed by atoms with Crippen LogP contribution >= 0.6 is 11.6 Å². The van der Waals surface area contributed by atoms with Gasteiger partial charge in [-0.2, -0.15) is 5.26 Å². The number of nitrogens with zero attached hydrogens (tertiary/aromatic N) is 1. The molecule has 0 saturated heterocycles. The fraction of sp³-hybridized carbons (Fsp3) is 0.111. The molecule has 0 atom stereocenters. The van der Waals surface area contributed by atoms with Crippen LogP contribution in [-0.4, -0.2) is 16.2 Å². The standard InChI is InChI=1S/C9H6ClNO3/c10-3-7-6(9(13)14)1-5(4-11)2-8(7)12/h1-2,12H,3H2,(H,13,14). The van der Waals surface area contributed by atoms with Crippen LogP contribution in [0.25, 0.3) is 0 Å². The third kappa shape index (κ3) is 1.78. The molecule has 0 saturated carbocycles. The van der Waals surface area contributed by atoms with E-state index in [0.29, 0.717) is 0 Å². The highest BCUT2D eigenvalue weighted by molar-refractivity contribution is 6.18. The van der Waals surface area contributed by atoms with Crippen molar-refractivity contribution >= 4 is 17.6 Å². The van der Waals surface area contributed by atoms with Gasteiger partial charge in [0, 0.05) is 5.56 Å². The SMILES string of the molecule is N#Cc1cc(O)c(CCl)c(C(=O)O)c1. The van der Waals surface area contributed by atoms with Crippen molar-refractivity contribution in [3.8, 4) is 11.8 Å². The largest absolute Gasteiger partial charge is 0.508 e. The second-order valence-corrected chi connectivity index (χ2v) is 2.84. The number of carbonyl (C=O) groups is 1. The number of carboxylic acid groups (broad SMARTS) is 1. The number of carboxylic acids is 1. The third-order valence-electron chi connectivity index (χ3n) is 1.72. The van der Waals surface area contributed by atoms with E-state index in [1.54, 1.807) is 6.07 Å². The molecule has 0 aromatic heterocycles. The maximum absolute atomic E-state index is 10.7. The number of benzene rings is 1. The van der Waals surface area contributed by atoms with Crippen LogP contribution in [0.15, 0.2) is 12.1 Å². The van der Waals surface area contributed by atoms with Crippen LogP contribution in [0.5, 0.6) is 5.75 Å². The molecule has 2 N–H and O–H groups in total. The Bertz CT molecular complexity index is 423. The van der Waals surface area contributed by atoms with Gasteiger partial charge in [0.15, 0.2) is 0 Å². The first kappa shape index (κ1) is 10.4. The summed E-state index contributed by atoms with van der Waals surface area (Å²) >= 11 is 5.47. The molecule has 14 heavy (non-hydrogen) atoms. The van der Waals surface area contributed by atoms with E-state index < -0.39 is 5.97 Å². The van der Waals surface area contributed by atoms with E-state index in [4.69, 9.17) is 22.0 Å². The fourth-order valence-corrected chi connectivity index (χ4v) is 1.33. The number of hydrogen-bond donors (Lipinski definition) is 2. The lowest BCUT2D eigenvalue weighted by molar-refractivity contribution is 0.0695. The molecule has 4 nitrogen and oxygen atoms in total. The van der Waals surface area contributed by atoms with Crippen molar-refractivity contribution < 1.29 is 15.0 Å². The van der Waals surface area contributed by atoms with Gasteiger partial charge in [0.2, 0.25) is 0 Å². The first-order valence-corrected chi connectivity index (χ1v) is 4.18. The smallest absolute Gasteiger partial charge is 0.336 e. The Morgan fingerprint density at radius 1 is 1.57 bits per heavy atom. The zero-order valence-electron chi connectivity index (χ0n) is 6.99. The van der Waals surface area contributed by atoms with Gasteiger partial charge in [0.25, 0.3) is 0 Å². The predicted octanol–water partition coefficient (Wildman–Crippen LogP) is 1.70. The molecule has 0 heterocycles. The van der Waals surface area contributed by atoms with Gasteiger partial charge < -0.3 is 10.2 Å². The van der Waals surface area contributed by atoms with Crippen LogP contribution in [0, 0.1) is 11.3 Å². The monoisotopic (exact) mass is 211 g/mol. The molecule has 0 bridgehead atoms. The van der Waals surface area contributed by atoms with Crippen LogP contribution < -0.4 is 0 Å². The number of nitriles is 1. The van der Waals surface area contributed by atoms with Gasteiger partial charge >= 0.3 is 5.97 Å². The minimum absolute atomic E-state index is 0.0915. The number of hydrogen-bond acceptors (Lipinski definition) is 3. The van der Waals surface area contributed by atoms with Crippen LogP contribution in [-0.2, 0) is 5.88 Å². The van der Waals surface area contributed by atoms with Crippen molar-refractivity contribution in [3.05, 3.63) is 28.8 Å². The second kappa shape index (κ2) is 3.99. The summed E-state index contributed by atoms with van der Waals surface area (Å²) in [5, 5.41) is 26.7. The average molecular weight is 212 g/mol. The number of halogens is 1. The molecule has 5 heteroatoms. The van der Waals surface area contributed by atoms with Gasteiger partial charge in [0.05, 0.1) is 23.1 Å². The average Bonchev–Trinajstić information content (AvgIpc) is 2.16. The van der Waals surface area contributed by atoms with E-state index in [-0.39, 0.29) is 28.3 Å². The molecule has 0 aliphatic heterocycles. The van der Waals surface area contributed by atoms with Crippen LogP contribution in [0.1, 0.15) is 21.5 Å². The van der Waals surface area contributed by atoms with Crippen molar-refractivity contribution in [1.82, 2.24) is 0 Å². The van der Waals surface area contributed by atoms with E-state index in [1.165, 1.54) is 12.1 Å². The maximum Gasteiger partial charge on any atom is 0.336 e. The summed E-state index contributed by atoms with van der Waals surface area (Å²) < 4.78 is 0. The Labute approximate surface area is 85.0 Å². The van der Waals surface area contributed by atoms with Gasteiger partial charge in [-0.25, -0.2) is 4.79 Å². The molecule has 1 rings (SSSR count). The summed E-state index contributed by atoms with van der Waals surface area (Å²) in [6, 6.07) is 4.11. The molecule has 0 aliphatic rings. The molecular weight excluding hydrogens is 206 g/mol. The first-order chi connectivity index (χ1) is 6.60. The lowest BCUT2D eigenvalue weighted by Crippen LogP contribution is -2.02. The Morgan fingerprint density at radius 3 is 2.64 bits per heavy atom. The molecule has 0 aliphatic carbocycles. The highest BCUT2D eigenvalue weighted by Gasteiger charge is 2.14.